The van der Waals surface area contributed by atoms with Crippen molar-refractivity contribution < 1.29 is 14.6 Å². The smallest absolute Gasteiger partial charge is 0.259 e. The first-order valence-electron chi connectivity index (χ1n) is 5.04. The number of nitrogens with zero attached hydrogens (tertiary/aromatic N) is 3. The first-order valence-corrected chi connectivity index (χ1v) is 5.04. The third-order valence-corrected chi connectivity index (χ3v) is 2.25. The van der Waals surface area contributed by atoms with E-state index in [1.165, 1.54) is 25.3 Å². The average molecular weight is 245 g/mol. The maximum absolute atomic E-state index is 12.0. The van der Waals surface area contributed by atoms with Crippen LogP contribution in [0.15, 0.2) is 18.2 Å². The van der Waals surface area contributed by atoms with Gasteiger partial charge in [0.2, 0.25) is 0 Å². The van der Waals surface area contributed by atoms with Gasteiger partial charge in [-0.05, 0) is 12.1 Å². The summed E-state index contributed by atoms with van der Waals surface area (Å²) >= 11 is 0. The first-order chi connectivity index (χ1) is 8.63. The first kappa shape index (κ1) is 13.3. The molecule has 92 valence electrons. The number of rotatable bonds is 4. The van der Waals surface area contributed by atoms with Crippen molar-refractivity contribution in [1.29, 1.82) is 10.5 Å². The molecule has 0 unspecified atom stereocenters. The Morgan fingerprint density at radius 1 is 1.39 bits per heavy atom. The predicted molar refractivity (Wildman–Crippen MR) is 61.8 cm³/mol. The van der Waals surface area contributed by atoms with E-state index in [9.17, 15) is 9.90 Å². The minimum Gasteiger partial charge on any atom is -0.507 e. The SMILES string of the molecule is COc1ccc(C(=O)N(CC#N)CC#N)c(O)c1. The highest BCUT2D eigenvalue weighted by atomic mass is 16.5. The lowest BCUT2D eigenvalue weighted by Gasteiger charge is -2.16. The number of benzene rings is 1. The molecular weight excluding hydrogens is 234 g/mol. The van der Waals surface area contributed by atoms with Gasteiger partial charge in [-0.1, -0.05) is 0 Å². The molecule has 6 heteroatoms. The summed E-state index contributed by atoms with van der Waals surface area (Å²) in [5.41, 5.74) is 0.0290. The number of nitriles is 2. The van der Waals surface area contributed by atoms with E-state index < -0.39 is 5.91 Å². The van der Waals surface area contributed by atoms with E-state index in [4.69, 9.17) is 15.3 Å². The Balaban J connectivity index is 3.02. The van der Waals surface area contributed by atoms with Gasteiger partial charge in [0.15, 0.2) is 0 Å². The summed E-state index contributed by atoms with van der Waals surface area (Å²) in [6, 6.07) is 7.79. The normalized spacial score (nSPS) is 9.06. The summed E-state index contributed by atoms with van der Waals surface area (Å²) < 4.78 is 4.90. The number of hydrogen-bond acceptors (Lipinski definition) is 5. The summed E-state index contributed by atoms with van der Waals surface area (Å²) in [6.45, 7) is -0.421. The summed E-state index contributed by atoms with van der Waals surface area (Å²) in [5, 5.41) is 26.8. The van der Waals surface area contributed by atoms with Gasteiger partial charge in [0.1, 0.15) is 24.6 Å². The standard InChI is InChI=1S/C12H11N3O3/c1-18-9-2-3-10(11(16)8-9)12(17)15(6-4-13)7-5-14/h2-3,8,16H,6-7H2,1H3. The molecule has 1 amide bonds. The molecule has 0 saturated heterocycles. The molecule has 1 aromatic rings. The van der Waals surface area contributed by atoms with Gasteiger partial charge in [-0.15, -0.1) is 0 Å². The van der Waals surface area contributed by atoms with Gasteiger partial charge in [0.25, 0.3) is 5.91 Å². The summed E-state index contributed by atoms with van der Waals surface area (Å²) in [5.74, 6) is -0.408. The second-order valence-corrected chi connectivity index (χ2v) is 3.36. The highest BCUT2D eigenvalue weighted by Crippen LogP contribution is 2.24. The predicted octanol–water partition coefficient (Wildman–Crippen LogP) is 0.890. The van der Waals surface area contributed by atoms with Crippen molar-refractivity contribution in [2.75, 3.05) is 20.2 Å². The Morgan fingerprint density at radius 2 is 2.00 bits per heavy atom. The van der Waals surface area contributed by atoms with Crippen molar-refractivity contribution in [3.63, 3.8) is 0 Å². The van der Waals surface area contributed by atoms with E-state index in [0.717, 1.165) is 4.90 Å². The largest absolute Gasteiger partial charge is 0.507 e. The Kier molecular flexibility index (Phi) is 4.53. The van der Waals surface area contributed by atoms with Gasteiger partial charge >= 0.3 is 0 Å². The van der Waals surface area contributed by atoms with Crippen LogP contribution in [-0.4, -0.2) is 36.1 Å². The van der Waals surface area contributed by atoms with Gasteiger partial charge in [-0.3, -0.25) is 4.79 Å². The summed E-state index contributed by atoms with van der Waals surface area (Å²) in [6.07, 6.45) is 0. The molecule has 0 aliphatic carbocycles. The molecule has 0 aliphatic rings. The number of ether oxygens (including phenoxy) is 1. The Labute approximate surface area is 104 Å². The Bertz CT molecular complexity index is 512. The van der Waals surface area contributed by atoms with Crippen molar-refractivity contribution in [2.24, 2.45) is 0 Å². The lowest BCUT2D eigenvalue weighted by atomic mass is 10.1. The van der Waals surface area contributed by atoms with E-state index in [1.54, 1.807) is 12.1 Å². The minimum absolute atomic E-state index is 0.0290. The quantitative estimate of drug-likeness (QED) is 0.794. The highest BCUT2D eigenvalue weighted by molar-refractivity contribution is 5.97. The third kappa shape index (κ3) is 2.89. The molecule has 0 atom stereocenters. The number of carbonyl (C=O) groups excluding carboxylic acids is 1. The van der Waals surface area contributed by atoms with E-state index in [-0.39, 0.29) is 24.4 Å². The van der Waals surface area contributed by atoms with Gasteiger partial charge in [-0.25, -0.2) is 0 Å². The molecule has 1 aromatic carbocycles. The second kappa shape index (κ2) is 6.12. The molecule has 0 aromatic heterocycles. The fourth-order valence-electron chi connectivity index (χ4n) is 1.36. The third-order valence-electron chi connectivity index (χ3n) is 2.25. The topological polar surface area (TPSA) is 97.4 Å². The zero-order valence-electron chi connectivity index (χ0n) is 9.75. The van der Waals surface area contributed by atoms with Crippen LogP contribution >= 0.6 is 0 Å². The van der Waals surface area contributed by atoms with Crippen LogP contribution in [-0.2, 0) is 0 Å². The molecule has 0 aliphatic heterocycles. The molecule has 1 N–H and O–H groups in total. The van der Waals surface area contributed by atoms with Crippen molar-refractivity contribution in [1.82, 2.24) is 4.90 Å². The average Bonchev–Trinajstić information content (AvgIpc) is 2.37. The number of aromatic hydroxyl groups is 1. The van der Waals surface area contributed by atoms with Crippen molar-refractivity contribution in [3.8, 4) is 23.6 Å². The van der Waals surface area contributed by atoms with Crippen molar-refractivity contribution in [2.45, 2.75) is 0 Å². The van der Waals surface area contributed by atoms with E-state index >= 15 is 0 Å². The highest BCUT2D eigenvalue weighted by Gasteiger charge is 2.18. The molecule has 0 bridgehead atoms. The number of methoxy groups -OCH3 is 1. The molecule has 0 radical (unpaired) electrons. The van der Waals surface area contributed by atoms with Crippen LogP contribution in [0.3, 0.4) is 0 Å². The molecule has 6 nitrogen and oxygen atoms in total. The van der Waals surface area contributed by atoms with Crippen LogP contribution in [0, 0.1) is 22.7 Å². The summed E-state index contributed by atoms with van der Waals surface area (Å²) in [4.78, 5) is 13.0. The minimum atomic E-state index is -0.571. The zero-order chi connectivity index (χ0) is 13.5. The lowest BCUT2D eigenvalue weighted by molar-refractivity contribution is 0.0791. The maximum Gasteiger partial charge on any atom is 0.259 e. The van der Waals surface area contributed by atoms with E-state index in [1.807, 2.05) is 0 Å². The van der Waals surface area contributed by atoms with Crippen LogP contribution in [0.25, 0.3) is 0 Å². The molecule has 0 spiro atoms. The van der Waals surface area contributed by atoms with E-state index in [0.29, 0.717) is 5.75 Å². The zero-order valence-corrected chi connectivity index (χ0v) is 9.75. The molecule has 0 saturated carbocycles. The molecule has 0 heterocycles. The molecule has 18 heavy (non-hydrogen) atoms. The Morgan fingerprint density at radius 3 is 2.44 bits per heavy atom. The molecule has 0 fully saturated rings. The maximum atomic E-state index is 12.0. The van der Waals surface area contributed by atoms with Crippen LogP contribution < -0.4 is 4.74 Å². The second-order valence-electron chi connectivity index (χ2n) is 3.36. The number of phenols is 1. The number of amides is 1. The number of carbonyl (C=O) groups is 1. The van der Waals surface area contributed by atoms with Crippen LogP contribution in [0.4, 0.5) is 0 Å². The molecular formula is C12H11N3O3. The molecule has 1 rings (SSSR count). The van der Waals surface area contributed by atoms with Gasteiger partial charge in [0.05, 0.1) is 24.8 Å². The van der Waals surface area contributed by atoms with Gasteiger partial charge < -0.3 is 14.7 Å². The van der Waals surface area contributed by atoms with Crippen molar-refractivity contribution >= 4 is 5.91 Å². The summed E-state index contributed by atoms with van der Waals surface area (Å²) in [7, 11) is 1.44. The number of phenolic OH excluding ortho intramolecular Hbond substituents is 1. The van der Waals surface area contributed by atoms with Crippen LogP contribution in [0.2, 0.25) is 0 Å². The van der Waals surface area contributed by atoms with Gasteiger partial charge in [-0.2, -0.15) is 10.5 Å². The fourth-order valence-corrected chi connectivity index (χ4v) is 1.36. The van der Waals surface area contributed by atoms with Crippen molar-refractivity contribution in [3.05, 3.63) is 23.8 Å². The van der Waals surface area contributed by atoms with Gasteiger partial charge in [0, 0.05) is 6.07 Å². The monoisotopic (exact) mass is 245 g/mol. The number of hydrogen-bond donors (Lipinski definition) is 1. The van der Waals surface area contributed by atoms with E-state index in [2.05, 4.69) is 0 Å². The fraction of sp³-hybridized carbons (Fsp3) is 0.250. The van der Waals surface area contributed by atoms with Crippen LogP contribution in [0.5, 0.6) is 11.5 Å². The lowest BCUT2D eigenvalue weighted by Crippen LogP contribution is -2.31. The van der Waals surface area contributed by atoms with Crippen LogP contribution in [0.1, 0.15) is 10.4 Å². The Hall–Kier alpha value is -2.73.